The molecule has 0 aliphatic heterocycles. The van der Waals surface area contributed by atoms with Gasteiger partial charge in [-0.05, 0) is 85.9 Å². The Morgan fingerprint density at radius 2 is 1.86 bits per heavy atom. The van der Waals surface area contributed by atoms with Gasteiger partial charge in [-0.15, -0.1) is 0 Å². The minimum absolute atomic E-state index is 0.0166. The summed E-state index contributed by atoms with van der Waals surface area (Å²) in [6.07, 6.45) is 6.00. The number of esters is 1. The van der Waals surface area contributed by atoms with Gasteiger partial charge in [-0.1, -0.05) is 13.8 Å². The first kappa shape index (κ1) is 20.3. The molecule has 0 aromatic rings. The number of Topliss-reactive ketones (excluding diaryl/α,β-unsaturated/α-hetero) is 1. The lowest BCUT2D eigenvalue weighted by Gasteiger charge is -2.61. The van der Waals surface area contributed by atoms with Crippen LogP contribution in [0.5, 0.6) is 0 Å². The Morgan fingerprint density at radius 1 is 1.11 bits per heavy atom. The van der Waals surface area contributed by atoms with Crippen LogP contribution in [-0.4, -0.2) is 35.7 Å². The molecule has 0 amide bonds. The van der Waals surface area contributed by atoms with Crippen LogP contribution in [0.2, 0.25) is 0 Å². The Labute approximate surface area is 167 Å². The van der Waals surface area contributed by atoms with Crippen molar-refractivity contribution in [3.8, 4) is 0 Å². The van der Waals surface area contributed by atoms with Crippen LogP contribution >= 0.6 is 0 Å². The number of carbonyl (C=O) groups is 2. The van der Waals surface area contributed by atoms with Crippen molar-refractivity contribution in [2.24, 2.45) is 40.4 Å². The van der Waals surface area contributed by atoms with E-state index in [0.717, 1.165) is 44.9 Å². The second-order valence-corrected chi connectivity index (χ2v) is 10.6. The molecule has 4 aliphatic carbocycles. The van der Waals surface area contributed by atoms with Gasteiger partial charge >= 0.3 is 5.97 Å². The first-order chi connectivity index (χ1) is 13.2. The molecule has 5 heteroatoms. The molecule has 0 unspecified atom stereocenters. The number of ether oxygens (including phenoxy) is 1. The van der Waals surface area contributed by atoms with Crippen molar-refractivity contribution in [2.45, 2.75) is 84.4 Å². The molecule has 4 rings (SSSR count). The molecule has 28 heavy (non-hydrogen) atoms. The number of rotatable bonds is 3. The van der Waals surface area contributed by atoms with Crippen LogP contribution in [-0.2, 0) is 14.3 Å². The van der Waals surface area contributed by atoms with Crippen LogP contribution < -0.4 is 0 Å². The van der Waals surface area contributed by atoms with E-state index in [4.69, 9.17) is 4.74 Å². The number of halogens is 1. The molecule has 4 aliphatic rings. The third kappa shape index (κ3) is 2.95. The quantitative estimate of drug-likeness (QED) is 0.733. The highest BCUT2D eigenvalue weighted by atomic mass is 19.1. The van der Waals surface area contributed by atoms with E-state index < -0.39 is 12.8 Å². The largest absolute Gasteiger partial charge is 0.463 e. The third-order valence-corrected chi connectivity index (χ3v) is 9.38. The van der Waals surface area contributed by atoms with E-state index in [1.165, 1.54) is 6.92 Å². The summed E-state index contributed by atoms with van der Waals surface area (Å²) in [6.45, 7) is 5.43. The van der Waals surface area contributed by atoms with Gasteiger partial charge in [0, 0.05) is 12.8 Å². The van der Waals surface area contributed by atoms with E-state index in [1.807, 2.05) is 0 Å². The lowest BCUT2D eigenvalue weighted by molar-refractivity contribution is -0.173. The van der Waals surface area contributed by atoms with Crippen molar-refractivity contribution in [3.63, 3.8) is 0 Å². The summed E-state index contributed by atoms with van der Waals surface area (Å²) in [6, 6.07) is 0. The summed E-state index contributed by atoms with van der Waals surface area (Å²) in [5.41, 5.74) is -0.349. The third-order valence-electron chi connectivity index (χ3n) is 9.38. The van der Waals surface area contributed by atoms with Crippen LogP contribution in [0.4, 0.5) is 4.39 Å². The normalized spacial score (nSPS) is 50.2. The molecule has 0 radical (unpaired) electrons. The molecular weight excluding hydrogens is 359 g/mol. The van der Waals surface area contributed by atoms with Gasteiger partial charge in [0.2, 0.25) is 0 Å². The van der Waals surface area contributed by atoms with Crippen LogP contribution in [0, 0.1) is 40.4 Å². The van der Waals surface area contributed by atoms with E-state index in [1.54, 1.807) is 0 Å². The molecule has 158 valence electrons. The highest BCUT2D eigenvalue weighted by Crippen LogP contribution is 2.68. The Morgan fingerprint density at radius 3 is 2.54 bits per heavy atom. The highest BCUT2D eigenvalue weighted by molar-refractivity contribution is 5.83. The van der Waals surface area contributed by atoms with Crippen molar-refractivity contribution >= 4 is 11.8 Å². The van der Waals surface area contributed by atoms with Crippen LogP contribution in [0.1, 0.15) is 72.1 Å². The average Bonchev–Trinajstić information content (AvgIpc) is 2.97. The monoisotopic (exact) mass is 394 g/mol. The zero-order valence-corrected chi connectivity index (χ0v) is 17.5. The fourth-order valence-electron chi connectivity index (χ4n) is 8.25. The predicted molar refractivity (Wildman–Crippen MR) is 103 cm³/mol. The first-order valence-electron chi connectivity index (χ1n) is 11.2. The zero-order valence-electron chi connectivity index (χ0n) is 17.5. The Bertz CT molecular complexity index is 651. The van der Waals surface area contributed by atoms with Crippen LogP contribution in [0.3, 0.4) is 0 Å². The number of fused-ring (bicyclic) bond motifs is 5. The number of ketones is 1. The fraction of sp³-hybridized carbons (Fsp3) is 0.913. The number of aliphatic hydroxyl groups is 1. The van der Waals surface area contributed by atoms with E-state index in [-0.39, 0.29) is 40.5 Å². The summed E-state index contributed by atoms with van der Waals surface area (Å²) in [5, 5.41) is 9.40. The van der Waals surface area contributed by atoms with Crippen molar-refractivity contribution in [1.82, 2.24) is 0 Å². The second-order valence-electron chi connectivity index (χ2n) is 10.6. The smallest absolute Gasteiger partial charge is 0.302 e. The molecule has 4 fully saturated rings. The minimum Gasteiger partial charge on any atom is -0.463 e. The van der Waals surface area contributed by atoms with Gasteiger partial charge in [0.1, 0.15) is 18.9 Å². The Hall–Kier alpha value is -0.970. The fourth-order valence-corrected chi connectivity index (χ4v) is 8.25. The van der Waals surface area contributed by atoms with Crippen molar-refractivity contribution in [2.75, 3.05) is 6.61 Å². The van der Waals surface area contributed by atoms with Gasteiger partial charge in [-0.3, -0.25) is 9.59 Å². The van der Waals surface area contributed by atoms with Gasteiger partial charge in [0.15, 0.2) is 5.78 Å². The molecule has 4 nitrogen and oxygen atoms in total. The summed E-state index contributed by atoms with van der Waals surface area (Å²) in [4.78, 5) is 23.7. The van der Waals surface area contributed by atoms with Gasteiger partial charge in [0.25, 0.3) is 0 Å². The van der Waals surface area contributed by atoms with Gasteiger partial charge < -0.3 is 9.84 Å². The Kier molecular flexibility index (Phi) is 5.13. The molecule has 9 atom stereocenters. The molecule has 4 saturated carbocycles. The van der Waals surface area contributed by atoms with Crippen LogP contribution in [0.15, 0.2) is 0 Å². The van der Waals surface area contributed by atoms with Gasteiger partial charge in [-0.25, -0.2) is 4.39 Å². The van der Waals surface area contributed by atoms with E-state index in [9.17, 15) is 14.7 Å². The summed E-state index contributed by atoms with van der Waals surface area (Å²) in [7, 11) is 0. The maximum absolute atomic E-state index is 15.8. The molecule has 0 heterocycles. The maximum Gasteiger partial charge on any atom is 0.302 e. The number of hydrogen-bond acceptors (Lipinski definition) is 4. The van der Waals surface area contributed by atoms with E-state index in [2.05, 4.69) is 13.8 Å². The lowest BCUT2D eigenvalue weighted by Crippen LogP contribution is -2.58. The molecule has 0 saturated heterocycles. The number of hydrogen-bond donors (Lipinski definition) is 1. The topological polar surface area (TPSA) is 63.6 Å². The standard InChI is InChI=1S/C23H35FO4/c1-13(26)28-15-8-9-22(2)14(10-15)4-5-16-17-6-7-18(20(27)12-25)23(17,3)11-19(24)21(16)22/h14-19,21,25H,4-12H2,1-3H3/t14-,15+,16+,17+,18-,19-,21-,22+,23+/m1/s1. The molecule has 0 spiro atoms. The first-order valence-corrected chi connectivity index (χ1v) is 11.2. The Balaban J connectivity index is 1.58. The summed E-state index contributed by atoms with van der Waals surface area (Å²) >= 11 is 0. The number of carbonyl (C=O) groups excluding carboxylic acids is 2. The van der Waals surface area contributed by atoms with Crippen molar-refractivity contribution in [1.29, 1.82) is 0 Å². The zero-order chi connectivity index (χ0) is 20.3. The molecular formula is C23H35FO4. The van der Waals surface area contributed by atoms with Crippen LogP contribution in [0.25, 0.3) is 0 Å². The highest BCUT2D eigenvalue weighted by Gasteiger charge is 2.64. The van der Waals surface area contributed by atoms with E-state index in [0.29, 0.717) is 24.2 Å². The summed E-state index contributed by atoms with van der Waals surface area (Å²) < 4.78 is 21.3. The summed E-state index contributed by atoms with van der Waals surface area (Å²) in [5.74, 6) is 0.663. The molecule has 0 bridgehead atoms. The average molecular weight is 395 g/mol. The van der Waals surface area contributed by atoms with E-state index >= 15 is 4.39 Å². The number of aliphatic hydroxyl groups excluding tert-OH is 1. The lowest BCUT2D eigenvalue weighted by atomic mass is 9.44. The molecule has 1 N–H and O–H groups in total. The number of alkyl halides is 1. The maximum atomic E-state index is 15.8. The SMILES string of the molecule is CC(=O)O[C@H]1CC[C@@]2(C)[C@H](CC[C@@H]3[C@@H]2[C@H](F)C[C@]2(C)[C@@H](C(=O)CO)CC[C@@H]32)C1. The van der Waals surface area contributed by atoms with Crippen molar-refractivity contribution < 1.29 is 23.8 Å². The van der Waals surface area contributed by atoms with Crippen molar-refractivity contribution in [3.05, 3.63) is 0 Å². The van der Waals surface area contributed by atoms with Gasteiger partial charge in [0.05, 0.1) is 0 Å². The minimum atomic E-state index is -0.892. The second kappa shape index (κ2) is 7.07. The molecule has 0 aromatic carbocycles. The molecule has 0 aromatic heterocycles. The predicted octanol–water partition coefficient (Wildman–Crippen LogP) is 4.09. The van der Waals surface area contributed by atoms with Gasteiger partial charge in [-0.2, -0.15) is 0 Å².